The Labute approximate surface area is 175 Å². The molecular formula is C19H20F3N7O2. The second kappa shape index (κ2) is 8.02. The highest BCUT2D eigenvalue weighted by Crippen LogP contribution is 2.30. The average molecular weight is 435 g/mol. The van der Waals surface area contributed by atoms with Crippen molar-refractivity contribution in [3.05, 3.63) is 47.0 Å². The summed E-state index contributed by atoms with van der Waals surface area (Å²) in [4.78, 5) is 31.1. The van der Waals surface area contributed by atoms with Crippen LogP contribution in [0.25, 0.3) is 6.08 Å². The molecule has 2 fully saturated rings. The molecule has 0 aliphatic carbocycles. The minimum atomic E-state index is -4.41. The number of rotatable bonds is 4. The van der Waals surface area contributed by atoms with Gasteiger partial charge in [-0.3, -0.25) is 20.1 Å². The van der Waals surface area contributed by atoms with Crippen molar-refractivity contribution < 1.29 is 22.8 Å². The smallest absolute Gasteiger partial charge is 0.351 e. The van der Waals surface area contributed by atoms with E-state index in [4.69, 9.17) is 0 Å². The Hall–Kier alpha value is -3.41. The van der Waals surface area contributed by atoms with Crippen molar-refractivity contribution in [2.24, 2.45) is 0 Å². The molecule has 31 heavy (non-hydrogen) atoms. The molecule has 2 aromatic heterocycles. The van der Waals surface area contributed by atoms with Gasteiger partial charge in [-0.1, -0.05) is 0 Å². The molecule has 12 heteroatoms. The van der Waals surface area contributed by atoms with Crippen molar-refractivity contribution in [3.8, 4) is 0 Å². The van der Waals surface area contributed by atoms with Gasteiger partial charge in [-0.25, -0.2) is 9.78 Å². The van der Waals surface area contributed by atoms with E-state index in [1.54, 1.807) is 6.20 Å². The summed E-state index contributed by atoms with van der Waals surface area (Å²) in [6.07, 6.45) is -0.305. The number of urea groups is 1. The summed E-state index contributed by atoms with van der Waals surface area (Å²) in [5.41, 5.74) is 0.766. The molecule has 0 bridgehead atoms. The van der Waals surface area contributed by atoms with Gasteiger partial charge in [0.25, 0.3) is 5.91 Å². The van der Waals surface area contributed by atoms with Gasteiger partial charge < -0.3 is 10.2 Å². The number of hydrogen-bond acceptors (Lipinski definition) is 6. The predicted octanol–water partition coefficient (Wildman–Crippen LogP) is 1.71. The average Bonchev–Trinajstić information content (AvgIpc) is 3.27. The molecule has 2 aliphatic heterocycles. The number of nitrogens with one attached hydrogen (secondary N) is 3. The number of imide groups is 1. The summed E-state index contributed by atoms with van der Waals surface area (Å²) in [6, 6.07) is 1.91. The largest absolute Gasteiger partial charge is 0.417 e. The predicted molar refractivity (Wildman–Crippen MR) is 105 cm³/mol. The number of pyridine rings is 1. The highest BCUT2D eigenvalue weighted by Gasteiger charge is 2.32. The van der Waals surface area contributed by atoms with Crippen molar-refractivity contribution in [1.29, 1.82) is 0 Å². The Kier molecular flexibility index (Phi) is 5.39. The lowest BCUT2D eigenvalue weighted by Crippen LogP contribution is -2.51. The van der Waals surface area contributed by atoms with E-state index in [-0.39, 0.29) is 11.7 Å². The van der Waals surface area contributed by atoms with Gasteiger partial charge in [0.15, 0.2) is 0 Å². The number of nitrogens with zero attached hydrogens (tertiary/aromatic N) is 4. The number of alkyl halides is 3. The summed E-state index contributed by atoms with van der Waals surface area (Å²) < 4.78 is 38.3. The number of anilines is 1. The quantitative estimate of drug-likeness (QED) is 0.499. The van der Waals surface area contributed by atoms with Crippen LogP contribution < -0.4 is 15.5 Å². The zero-order valence-corrected chi connectivity index (χ0v) is 16.5. The number of aromatic amines is 1. The maximum atomic E-state index is 12.8. The molecule has 2 saturated heterocycles. The van der Waals surface area contributed by atoms with E-state index in [1.165, 1.54) is 12.1 Å². The lowest BCUT2D eigenvalue weighted by atomic mass is 10.1. The highest BCUT2D eigenvalue weighted by atomic mass is 19.4. The summed E-state index contributed by atoms with van der Waals surface area (Å²) in [5.74, 6) is 0.00194. The van der Waals surface area contributed by atoms with Gasteiger partial charge in [0.05, 0.1) is 11.3 Å². The Morgan fingerprint density at radius 2 is 2.03 bits per heavy atom. The van der Waals surface area contributed by atoms with Crippen LogP contribution in [-0.2, 0) is 17.5 Å². The first-order valence-corrected chi connectivity index (χ1v) is 9.59. The Morgan fingerprint density at radius 3 is 2.65 bits per heavy atom. The van der Waals surface area contributed by atoms with Gasteiger partial charge in [0.2, 0.25) is 0 Å². The van der Waals surface area contributed by atoms with E-state index in [0.717, 1.165) is 17.8 Å². The number of carbonyl (C=O) groups excluding carboxylic acids is 2. The molecule has 0 aromatic carbocycles. The van der Waals surface area contributed by atoms with Crippen molar-refractivity contribution in [3.63, 3.8) is 0 Å². The zero-order chi connectivity index (χ0) is 22.2. The third kappa shape index (κ3) is 4.53. The van der Waals surface area contributed by atoms with E-state index in [2.05, 4.69) is 30.7 Å². The summed E-state index contributed by atoms with van der Waals surface area (Å²) >= 11 is 0. The van der Waals surface area contributed by atoms with E-state index in [0.29, 0.717) is 37.7 Å². The fraction of sp³-hybridized carbons (Fsp3) is 0.368. The molecule has 0 radical (unpaired) electrons. The van der Waals surface area contributed by atoms with Crippen molar-refractivity contribution >= 4 is 23.8 Å². The molecule has 4 rings (SSSR count). The van der Waals surface area contributed by atoms with Crippen LogP contribution in [0.5, 0.6) is 0 Å². The molecule has 9 nitrogen and oxygen atoms in total. The van der Waals surface area contributed by atoms with Crippen LogP contribution in [0.2, 0.25) is 0 Å². The Bertz CT molecular complexity index is 1020. The van der Waals surface area contributed by atoms with Crippen molar-refractivity contribution in [1.82, 2.24) is 30.7 Å². The van der Waals surface area contributed by atoms with Crippen LogP contribution in [0, 0.1) is 0 Å². The standard InChI is InChI=1S/C19H20F3N7O2/c1-11-9-28(4-5-29(11)16-3-2-13(8-23-16)19(20,21)22)10-12-7-24-27-14(12)6-15-17(30)26-18(31)25-15/h2-3,6-8,11H,4-5,9-10H2,1H3,(H,24,27)(H2,25,26,30,31). The van der Waals surface area contributed by atoms with E-state index in [1.807, 2.05) is 11.8 Å². The number of hydrogen-bond donors (Lipinski definition) is 3. The first kappa shape index (κ1) is 20.8. The van der Waals surface area contributed by atoms with E-state index < -0.39 is 23.7 Å². The van der Waals surface area contributed by atoms with Crippen LogP contribution in [-0.4, -0.2) is 57.7 Å². The molecule has 2 aromatic rings. The third-order valence-corrected chi connectivity index (χ3v) is 5.23. The molecule has 1 atom stereocenters. The molecule has 1 unspecified atom stereocenters. The molecule has 0 spiro atoms. The topological polar surface area (TPSA) is 106 Å². The lowest BCUT2D eigenvalue weighted by molar-refractivity contribution is -0.137. The fourth-order valence-electron chi connectivity index (χ4n) is 3.68. The number of aromatic nitrogens is 3. The highest BCUT2D eigenvalue weighted by molar-refractivity contribution is 6.13. The normalized spacial score (nSPS) is 21.5. The molecule has 3 N–H and O–H groups in total. The lowest BCUT2D eigenvalue weighted by Gasteiger charge is -2.40. The number of amides is 3. The van der Waals surface area contributed by atoms with Crippen LogP contribution in [0.4, 0.5) is 23.8 Å². The van der Waals surface area contributed by atoms with Gasteiger partial charge >= 0.3 is 12.2 Å². The van der Waals surface area contributed by atoms with Gasteiger partial charge in [0.1, 0.15) is 11.5 Å². The van der Waals surface area contributed by atoms with Gasteiger partial charge in [0, 0.05) is 50.2 Å². The van der Waals surface area contributed by atoms with Gasteiger partial charge in [-0.15, -0.1) is 0 Å². The monoisotopic (exact) mass is 435 g/mol. The molecule has 164 valence electrons. The molecule has 2 aliphatic rings. The third-order valence-electron chi connectivity index (χ3n) is 5.23. The maximum absolute atomic E-state index is 12.8. The van der Waals surface area contributed by atoms with Gasteiger partial charge in [-0.2, -0.15) is 18.3 Å². The second-order valence-electron chi connectivity index (χ2n) is 7.44. The van der Waals surface area contributed by atoms with Crippen LogP contribution in [0.3, 0.4) is 0 Å². The Morgan fingerprint density at radius 1 is 1.23 bits per heavy atom. The molecular weight excluding hydrogens is 415 g/mol. The summed E-state index contributed by atoms with van der Waals surface area (Å²) in [7, 11) is 0. The number of carbonyl (C=O) groups is 2. The van der Waals surface area contributed by atoms with Crippen molar-refractivity contribution in [2.45, 2.75) is 25.7 Å². The molecule has 4 heterocycles. The van der Waals surface area contributed by atoms with Gasteiger partial charge in [-0.05, 0) is 25.1 Å². The zero-order valence-electron chi connectivity index (χ0n) is 16.5. The van der Waals surface area contributed by atoms with Crippen LogP contribution in [0.1, 0.15) is 23.7 Å². The minimum Gasteiger partial charge on any atom is -0.351 e. The fourth-order valence-corrected chi connectivity index (χ4v) is 3.68. The SMILES string of the molecule is CC1CN(Cc2c[nH]nc2C=C2NC(=O)NC2=O)CCN1c1ccc(C(F)(F)F)cn1. The van der Waals surface area contributed by atoms with E-state index >= 15 is 0 Å². The number of halogens is 3. The van der Waals surface area contributed by atoms with Crippen molar-refractivity contribution in [2.75, 3.05) is 24.5 Å². The molecule has 3 amide bonds. The first-order chi connectivity index (χ1) is 14.7. The molecule has 0 saturated carbocycles. The maximum Gasteiger partial charge on any atom is 0.417 e. The second-order valence-corrected chi connectivity index (χ2v) is 7.44. The van der Waals surface area contributed by atoms with E-state index in [9.17, 15) is 22.8 Å². The number of H-pyrrole nitrogens is 1. The first-order valence-electron chi connectivity index (χ1n) is 9.59. The van der Waals surface area contributed by atoms with Crippen LogP contribution >= 0.6 is 0 Å². The van der Waals surface area contributed by atoms with Crippen LogP contribution in [0.15, 0.2) is 30.2 Å². The minimum absolute atomic E-state index is 0.0339. The Balaban J connectivity index is 1.40. The number of piperazine rings is 1. The summed E-state index contributed by atoms with van der Waals surface area (Å²) in [5, 5.41) is 11.5. The summed E-state index contributed by atoms with van der Waals surface area (Å²) in [6.45, 7) is 4.49.